The van der Waals surface area contributed by atoms with Crippen molar-refractivity contribution in [2.24, 2.45) is 5.92 Å². The van der Waals surface area contributed by atoms with Crippen molar-refractivity contribution in [1.82, 2.24) is 5.32 Å². The maximum atomic E-state index is 10.5. The molecule has 0 aromatic carbocycles. The lowest BCUT2D eigenvalue weighted by Gasteiger charge is -2.16. The molecule has 0 radical (unpaired) electrons. The summed E-state index contributed by atoms with van der Waals surface area (Å²) in [7, 11) is 0. The third-order valence-corrected chi connectivity index (χ3v) is 2.08. The van der Waals surface area contributed by atoms with Crippen LogP contribution in [0.4, 0.5) is 0 Å². The van der Waals surface area contributed by atoms with Gasteiger partial charge in [0.2, 0.25) is 0 Å². The van der Waals surface area contributed by atoms with Crippen molar-refractivity contribution in [3.63, 3.8) is 0 Å². The fourth-order valence-electron chi connectivity index (χ4n) is 1.17. The topological polar surface area (TPSA) is 49.3 Å². The molecule has 3 heteroatoms. The molecule has 80 valence electrons. The van der Waals surface area contributed by atoms with E-state index in [-0.39, 0.29) is 0 Å². The average Bonchev–Trinajstić information content (AvgIpc) is 2.14. The van der Waals surface area contributed by atoms with Crippen molar-refractivity contribution >= 4 is 5.97 Å². The Labute approximate surface area is 85.5 Å². The van der Waals surface area contributed by atoms with Crippen molar-refractivity contribution in [3.8, 4) is 0 Å². The molecule has 0 spiro atoms. The highest BCUT2D eigenvalue weighted by Crippen LogP contribution is 2.08. The maximum Gasteiger partial charge on any atom is 0.320 e. The van der Waals surface area contributed by atoms with E-state index < -0.39 is 12.0 Å². The molecule has 1 atom stereocenters. The average molecular weight is 197 g/mol. The second kappa shape index (κ2) is 7.33. The van der Waals surface area contributed by atoms with E-state index >= 15 is 0 Å². The van der Waals surface area contributed by atoms with Gasteiger partial charge in [0, 0.05) is 0 Å². The van der Waals surface area contributed by atoms with Crippen molar-refractivity contribution in [2.75, 3.05) is 6.54 Å². The smallest absolute Gasteiger partial charge is 0.320 e. The van der Waals surface area contributed by atoms with Crippen LogP contribution in [-0.4, -0.2) is 23.7 Å². The number of hydrogen-bond donors (Lipinski definition) is 2. The van der Waals surface area contributed by atoms with Gasteiger partial charge in [0.15, 0.2) is 0 Å². The van der Waals surface area contributed by atoms with Gasteiger partial charge < -0.3 is 10.4 Å². The summed E-state index contributed by atoms with van der Waals surface area (Å²) in [5.41, 5.74) is 0. The fourth-order valence-corrected chi connectivity index (χ4v) is 1.17. The van der Waals surface area contributed by atoms with Crippen LogP contribution in [0.5, 0.6) is 0 Å². The second-order valence-electron chi connectivity index (χ2n) is 3.38. The Morgan fingerprint density at radius 1 is 1.43 bits per heavy atom. The minimum absolute atomic E-state index is 0.395. The SMILES string of the molecule is C=CCC(CC=C)CNC(C)C(=O)O. The number of carbonyl (C=O) groups is 1. The van der Waals surface area contributed by atoms with E-state index in [4.69, 9.17) is 5.11 Å². The lowest BCUT2D eigenvalue weighted by molar-refractivity contribution is -0.139. The van der Waals surface area contributed by atoms with Gasteiger partial charge in [-0.3, -0.25) is 4.79 Å². The molecular weight excluding hydrogens is 178 g/mol. The summed E-state index contributed by atoms with van der Waals surface area (Å²) in [6, 6.07) is -0.493. The van der Waals surface area contributed by atoms with E-state index in [2.05, 4.69) is 18.5 Å². The molecule has 2 N–H and O–H groups in total. The van der Waals surface area contributed by atoms with Gasteiger partial charge in [-0.1, -0.05) is 12.2 Å². The first kappa shape index (κ1) is 12.9. The standard InChI is InChI=1S/C11H19NO2/c1-4-6-10(7-5-2)8-12-9(3)11(13)14/h4-5,9-10,12H,1-2,6-8H2,3H3,(H,13,14). The Bertz CT molecular complexity index is 191. The number of nitrogens with one attached hydrogen (secondary N) is 1. The van der Waals surface area contributed by atoms with Crippen LogP contribution in [0, 0.1) is 5.92 Å². The van der Waals surface area contributed by atoms with Gasteiger partial charge in [0.25, 0.3) is 0 Å². The van der Waals surface area contributed by atoms with Crippen LogP contribution in [0.1, 0.15) is 19.8 Å². The van der Waals surface area contributed by atoms with Gasteiger partial charge in [-0.05, 0) is 32.2 Å². The highest BCUT2D eigenvalue weighted by atomic mass is 16.4. The molecule has 0 bridgehead atoms. The van der Waals surface area contributed by atoms with Crippen LogP contribution in [-0.2, 0) is 4.79 Å². The molecule has 0 saturated carbocycles. The highest BCUT2D eigenvalue weighted by Gasteiger charge is 2.12. The molecule has 3 nitrogen and oxygen atoms in total. The monoisotopic (exact) mass is 197 g/mol. The quantitative estimate of drug-likeness (QED) is 0.583. The van der Waals surface area contributed by atoms with Crippen molar-refractivity contribution in [1.29, 1.82) is 0 Å². The molecule has 0 aromatic rings. The van der Waals surface area contributed by atoms with E-state index in [1.54, 1.807) is 6.92 Å². The largest absolute Gasteiger partial charge is 0.480 e. The van der Waals surface area contributed by atoms with Crippen LogP contribution in [0.3, 0.4) is 0 Å². The molecule has 0 aliphatic carbocycles. The van der Waals surface area contributed by atoms with Crippen molar-refractivity contribution in [2.45, 2.75) is 25.8 Å². The van der Waals surface area contributed by atoms with Crippen LogP contribution >= 0.6 is 0 Å². The minimum atomic E-state index is -0.819. The van der Waals surface area contributed by atoms with Crippen LogP contribution in [0.15, 0.2) is 25.3 Å². The fraction of sp³-hybridized carbons (Fsp3) is 0.545. The number of rotatable bonds is 8. The Balaban J connectivity index is 3.85. The second-order valence-corrected chi connectivity index (χ2v) is 3.38. The predicted molar refractivity (Wildman–Crippen MR) is 58.2 cm³/mol. The van der Waals surface area contributed by atoms with E-state index in [1.807, 2.05) is 12.2 Å². The summed E-state index contributed by atoms with van der Waals surface area (Å²) in [5.74, 6) is -0.423. The first-order valence-corrected chi connectivity index (χ1v) is 4.79. The molecular formula is C11H19NO2. The number of hydrogen-bond acceptors (Lipinski definition) is 2. The third-order valence-electron chi connectivity index (χ3n) is 2.08. The van der Waals surface area contributed by atoms with E-state index in [0.717, 1.165) is 12.8 Å². The Kier molecular flexibility index (Phi) is 6.76. The summed E-state index contributed by atoms with van der Waals surface area (Å²) in [5, 5.41) is 11.6. The number of aliphatic carboxylic acids is 1. The summed E-state index contributed by atoms with van der Waals surface area (Å²) in [4.78, 5) is 10.5. The van der Waals surface area contributed by atoms with E-state index in [0.29, 0.717) is 12.5 Å². The van der Waals surface area contributed by atoms with Gasteiger partial charge in [-0.25, -0.2) is 0 Å². The molecule has 0 aromatic heterocycles. The Morgan fingerprint density at radius 2 is 1.93 bits per heavy atom. The van der Waals surface area contributed by atoms with Gasteiger partial charge in [-0.15, -0.1) is 13.2 Å². The predicted octanol–water partition coefficient (Wildman–Crippen LogP) is 1.82. The van der Waals surface area contributed by atoms with E-state index in [1.165, 1.54) is 0 Å². The van der Waals surface area contributed by atoms with E-state index in [9.17, 15) is 4.79 Å². The zero-order chi connectivity index (χ0) is 11.0. The number of allylic oxidation sites excluding steroid dienone is 2. The van der Waals surface area contributed by atoms with Gasteiger partial charge >= 0.3 is 5.97 Å². The molecule has 0 aliphatic heterocycles. The minimum Gasteiger partial charge on any atom is -0.480 e. The zero-order valence-corrected chi connectivity index (χ0v) is 8.70. The number of carboxylic acids is 1. The van der Waals surface area contributed by atoms with Crippen LogP contribution in [0.25, 0.3) is 0 Å². The zero-order valence-electron chi connectivity index (χ0n) is 8.70. The first-order chi connectivity index (χ1) is 6.61. The van der Waals surface area contributed by atoms with Crippen LogP contribution < -0.4 is 5.32 Å². The first-order valence-electron chi connectivity index (χ1n) is 4.79. The van der Waals surface area contributed by atoms with Crippen molar-refractivity contribution in [3.05, 3.63) is 25.3 Å². The number of carboxylic acid groups (broad SMARTS) is 1. The summed E-state index contributed by atoms with van der Waals surface area (Å²) in [6.07, 6.45) is 5.46. The summed E-state index contributed by atoms with van der Waals surface area (Å²) < 4.78 is 0. The van der Waals surface area contributed by atoms with Gasteiger partial charge in [0.1, 0.15) is 6.04 Å². The Morgan fingerprint density at radius 3 is 2.29 bits per heavy atom. The molecule has 0 fully saturated rings. The van der Waals surface area contributed by atoms with Gasteiger partial charge in [0.05, 0.1) is 0 Å². The molecule has 14 heavy (non-hydrogen) atoms. The molecule has 0 heterocycles. The molecule has 0 saturated heterocycles. The molecule has 0 aliphatic rings. The Hall–Kier alpha value is -1.09. The highest BCUT2D eigenvalue weighted by molar-refractivity contribution is 5.72. The molecule has 0 rings (SSSR count). The lowest BCUT2D eigenvalue weighted by atomic mass is 10.0. The summed E-state index contributed by atoms with van der Waals surface area (Å²) >= 11 is 0. The van der Waals surface area contributed by atoms with Crippen molar-refractivity contribution < 1.29 is 9.90 Å². The normalized spacial score (nSPS) is 12.4. The summed E-state index contributed by atoms with van der Waals surface area (Å²) in [6.45, 7) is 9.66. The third kappa shape index (κ3) is 5.54. The van der Waals surface area contributed by atoms with Gasteiger partial charge in [-0.2, -0.15) is 0 Å². The molecule has 1 unspecified atom stereocenters. The van der Waals surface area contributed by atoms with Crippen LogP contribution in [0.2, 0.25) is 0 Å². The molecule has 0 amide bonds. The lowest BCUT2D eigenvalue weighted by Crippen LogP contribution is -2.36. The maximum absolute atomic E-state index is 10.5.